The second-order valence-corrected chi connectivity index (χ2v) is 6.40. The molecule has 0 aromatic carbocycles. The number of rotatable bonds is 5. The van der Waals surface area contributed by atoms with Gasteiger partial charge in [-0.3, -0.25) is 4.79 Å². The second-order valence-electron chi connectivity index (χ2n) is 6.40. The molecule has 25 heavy (non-hydrogen) atoms. The summed E-state index contributed by atoms with van der Waals surface area (Å²) in [6.07, 6.45) is 6.24. The van der Waals surface area contributed by atoms with Crippen LogP contribution in [0.15, 0.2) is 12.3 Å². The van der Waals surface area contributed by atoms with Crippen molar-refractivity contribution in [3.63, 3.8) is 0 Å². The molecule has 2 aromatic heterocycles. The predicted octanol–water partition coefficient (Wildman–Crippen LogP) is 3.37. The summed E-state index contributed by atoms with van der Waals surface area (Å²) in [5.74, 6) is -0.0130. The topological polar surface area (TPSA) is 89.0 Å². The minimum atomic E-state index is -0.413. The lowest BCUT2D eigenvalue weighted by atomic mass is 10.1. The normalized spacial score (nSPS) is 14.7. The van der Waals surface area contributed by atoms with Gasteiger partial charge in [-0.1, -0.05) is 12.8 Å². The van der Waals surface area contributed by atoms with Crippen molar-refractivity contribution in [2.75, 3.05) is 11.9 Å². The average molecular weight is 344 g/mol. The van der Waals surface area contributed by atoms with Crippen molar-refractivity contribution in [1.82, 2.24) is 14.8 Å². The summed E-state index contributed by atoms with van der Waals surface area (Å²) in [7, 11) is 0. The van der Waals surface area contributed by atoms with Gasteiger partial charge in [0.1, 0.15) is 11.5 Å². The second kappa shape index (κ2) is 7.13. The zero-order valence-electron chi connectivity index (χ0n) is 14.9. The van der Waals surface area contributed by atoms with Gasteiger partial charge in [0, 0.05) is 11.8 Å². The van der Waals surface area contributed by atoms with Crippen molar-refractivity contribution >= 4 is 17.7 Å². The van der Waals surface area contributed by atoms with Crippen LogP contribution in [0, 0.1) is 13.8 Å². The molecule has 134 valence electrons. The van der Waals surface area contributed by atoms with Gasteiger partial charge in [-0.2, -0.15) is 5.10 Å². The Kier molecular flexibility index (Phi) is 4.92. The van der Waals surface area contributed by atoms with Gasteiger partial charge < -0.3 is 15.0 Å². The smallest absolute Gasteiger partial charge is 0.340 e. The molecule has 0 saturated heterocycles. The molecule has 2 N–H and O–H groups in total. The highest BCUT2D eigenvalue weighted by Crippen LogP contribution is 2.31. The Hall–Kier alpha value is -2.57. The van der Waals surface area contributed by atoms with Crippen LogP contribution in [0.3, 0.4) is 0 Å². The van der Waals surface area contributed by atoms with Gasteiger partial charge in [0.2, 0.25) is 0 Å². The number of anilines is 1. The summed E-state index contributed by atoms with van der Waals surface area (Å²) in [6.45, 7) is 5.57. The molecule has 0 aliphatic heterocycles. The van der Waals surface area contributed by atoms with Gasteiger partial charge in [0.15, 0.2) is 0 Å². The van der Waals surface area contributed by atoms with E-state index in [4.69, 9.17) is 4.74 Å². The van der Waals surface area contributed by atoms with Crippen LogP contribution in [-0.4, -0.2) is 33.2 Å². The molecular formula is C18H24N4O3. The zero-order valence-corrected chi connectivity index (χ0v) is 14.9. The molecule has 0 atom stereocenters. The summed E-state index contributed by atoms with van der Waals surface area (Å²) < 4.78 is 6.96. The van der Waals surface area contributed by atoms with Crippen LogP contribution in [0.25, 0.3) is 0 Å². The summed E-state index contributed by atoms with van der Waals surface area (Å²) in [6, 6.07) is 2.14. The van der Waals surface area contributed by atoms with E-state index in [1.807, 2.05) is 4.68 Å². The van der Waals surface area contributed by atoms with E-state index in [0.717, 1.165) is 12.8 Å². The number of amides is 1. The molecule has 1 fully saturated rings. The van der Waals surface area contributed by atoms with E-state index >= 15 is 0 Å². The number of hydrogen-bond donors (Lipinski definition) is 2. The quantitative estimate of drug-likeness (QED) is 0.814. The van der Waals surface area contributed by atoms with Gasteiger partial charge in [-0.15, -0.1) is 0 Å². The average Bonchev–Trinajstić information content (AvgIpc) is 3.27. The third-order valence-corrected chi connectivity index (χ3v) is 4.73. The highest BCUT2D eigenvalue weighted by atomic mass is 16.5. The molecule has 7 nitrogen and oxygen atoms in total. The fourth-order valence-electron chi connectivity index (χ4n) is 3.52. The Labute approximate surface area is 146 Å². The first-order valence-corrected chi connectivity index (χ1v) is 8.74. The summed E-state index contributed by atoms with van der Waals surface area (Å²) in [5, 5.41) is 7.27. The Balaban J connectivity index is 1.82. The van der Waals surface area contributed by atoms with Gasteiger partial charge >= 0.3 is 5.97 Å². The molecule has 0 radical (unpaired) electrons. The molecule has 3 rings (SSSR count). The number of aromatic nitrogens is 3. The fraction of sp³-hybridized carbons (Fsp3) is 0.500. The van der Waals surface area contributed by atoms with E-state index in [1.54, 1.807) is 33.0 Å². The van der Waals surface area contributed by atoms with Crippen LogP contribution >= 0.6 is 0 Å². The molecular weight excluding hydrogens is 320 g/mol. The van der Waals surface area contributed by atoms with Crippen molar-refractivity contribution in [2.24, 2.45) is 0 Å². The van der Waals surface area contributed by atoms with E-state index in [1.165, 1.54) is 12.8 Å². The van der Waals surface area contributed by atoms with E-state index in [9.17, 15) is 9.59 Å². The lowest BCUT2D eigenvalue weighted by Gasteiger charge is -2.14. The lowest BCUT2D eigenvalue weighted by molar-refractivity contribution is 0.0525. The van der Waals surface area contributed by atoms with E-state index in [2.05, 4.69) is 15.4 Å². The first kappa shape index (κ1) is 17.3. The number of nitrogens with zero attached hydrogens (tertiary/aromatic N) is 2. The number of ether oxygens (including phenoxy) is 1. The van der Waals surface area contributed by atoms with Gasteiger partial charge in [-0.25, -0.2) is 9.48 Å². The number of hydrogen-bond acceptors (Lipinski definition) is 4. The molecule has 1 saturated carbocycles. The van der Waals surface area contributed by atoms with Crippen molar-refractivity contribution in [3.8, 4) is 0 Å². The Bertz CT molecular complexity index is 784. The van der Waals surface area contributed by atoms with E-state index < -0.39 is 5.97 Å². The van der Waals surface area contributed by atoms with Crippen LogP contribution in [0.2, 0.25) is 0 Å². The first-order chi connectivity index (χ1) is 12.0. The largest absolute Gasteiger partial charge is 0.462 e. The van der Waals surface area contributed by atoms with Crippen LogP contribution in [0.1, 0.15) is 70.8 Å². The fourth-order valence-corrected chi connectivity index (χ4v) is 3.52. The van der Waals surface area contributed by atoms with Crippen molar-refractivity contribution in [3.05, 3.63) is 34.8 Å². The Morgan fingerprint density at radius 2 is 2.08 bits per heavy atom. The van der Waals surface area contributed by atoms with Crippen molar-refractivity contribution in [1.29, 1.82) is 0 Å². The molecule has 0 bridgehead atoms. The molecule has 7 heteroatoms. The standard InChI is InChI=1S/C18H24N4O3/c1-4-25-18(24)15-11(2)16(20-12(15)3)17(23)21-14-9-10-19-22(14)13-7-5-6-8-13/h9-10,13,20H,4-8H2,1-3H3,(H,21,23). The first-order valence-electron chi connectivity index (χ1n) is 8.74. The maximum Gasteiger partial charge on any atom is 0.340 e. The molecule has 2 aromatic rings. The molecule has 2 heterocycles. The Morgan fingerprint density at radius 3 is 2.76 bits per heavy atom. The molecule has 0 spiro atoms. The number of H-pyrrole nitrogens is 1. The minimum absolute atomic E-state index is 0.282. The number of esters is 1. The lowest BCUT2D eigenvalue weighted by Crippen LogP contribution is -2.19. The maximum absolute atomic E-state index is 12.7. The van der Waals surface area contributed by atoms with Gasteiger partial charge in [0.25, 0.3) is 5.91 Å². The summed E-state index contributed by atoms with van der Waals surface area (Å²) >= 11 is 0. The van der Waals surface area contributed by atoms with Crippen molar-refractivity contribution < 1.29 is 14.3 Å². The molecule has 0 unspecified atom stereocenters. The van der Waals surface area contributed by atoms with Gasteiger partial charge in [0.05, 0.1) is 24.4 Å². The predicted molar refractivity (Wildman–Crippen MR) is 93.9 cm³/mol. The number of carbonyl (C=O) groups is 2. The molecule has 1 aliphatic rings. The van der Waals surface area contributed by atoms with E-state index in [-0.39, 0.29) is 5.91 Å². The molecule has 1 aliphatic carbocycles. The third kappa shape index (κ3) is 3.31. The maximum atomic E-state index is 12.7. The zero-order chi connectivity index (χ0) is 18.0. The van der Waals surface area contributed by atoms with E-state index in [0.29, 0.717) is 41.0 Å². The third-order valence-electron chi connectivity index (χ3n) is 4.73. The summed E-state index contributed by atoms with van der Waals surface area (Å²) in [5.41, 5.74) is 2.03. The van der Waals surface area contributed by atoms with Crippen LogP contribution in [0.5, 0.6) is 0 Å². The Morgan fingerprint density at radius 1 is 1.36 bits per heavy atom. The number of carbonyl (C=O) groups excluding carboxylic acids is 2. The van der Waals surface area contributed by atoms with Crippen LogP contribution in [-0.2, 0) is 4.74 Å². The highest BCUT2D eigenvalue weighted by Gasteiger charge is 2.25. The van der Waals surface area contributed by atoms with Crippen LogP contribution in [0.4, 0.5) is 5.82 Å². The number of aryl methyl sites for hydroxylation is 1. The SMILES string of the molecule is CCOC(=O)c1c(C)[nH]c(C(=O)Nc2ccnn2C2CCCC2)c1C. The number of aromatic amines is 1. The van der Waals surface area contributed by atoms with Crippen molar-refractivity contribution in [2.45, 2.75) is 52.5 Å². The minimum Gasteiger partial charge on any atom is -0.462 e. The monoisotopic (exact) mass is 344 g/mol. The number of nitrogens with one attached hydrogen (secondary N) is 2. The highest BCUT2D eigenvalue weighted by molar-refractivity contribution is 6.06. The van der Waals surface area contributed by atoms with Crippen LogP contribution < -0.4 is 5.32 Å². The van der Waals surface area contributed by atoms with Gasteiger partial charge in [-0.05, 0) is 39.2 Å². The molecule has 1 amide bonds. The summed E-state index contributed by atoms with van der Waals surface area (Å²) in [4.78, 5) is 27.8.